The Labute approximate surface area is 208 Å². The molecule has 0 aliphatic carbocycles. The van der Waals surface area contributed by atoms with Gasteiger partial charge >= 0.3 is 0 Å². The first kappa shape index (κ1) is 24.5. The summed E-state index contributed by atoms with van der Waals surface area (Å²) in [5.74, 6) is -0.341. The lowest BCUT2D eigenvalue weighted by molar-refractivity contribution is -0.122. The zero-order valence-electron chi connectivity index (χ0n) is 19.9. The van der Waals surface area contributed by atoms with Gasteiger partial charge in [-0.25, -0.2) is 0 Å². The second-order valence-electron chi connectivity index (χ2n) is 8.94. The number of rotatable bonds is 7. The summed E-state index contributed by atoms with van der Waals surface area (Å²) < 4.78 is 0. The van der Waals surface area contributed by atoms with Crippen molar-refractivity contribution in [3.05, 3.63) is 75.2 Å². The van der Waals surface area contributed by atoms with Gasteiger partial charge in [0.25, 0.3) is 11.8 Å². The molecule has 0 spiro atoms. The van der Waals surface area contributed by atoms with E-state index in [9.17, 15) is 14.4 Å². The molecule has 35 heavy (non-hydrogen) atoms. The van der Waals surface area contributed by atoms with Crippen molar-refractivity contribution >= 4 is 34.7 Å². The maximum absolute atomic E-state index is 12.9. The summed E-state index contributed by atoms with van der Waals surface area (Å²) in [6, 6.07) is 15.5. The lowest BCUT2D eigenvalue weighted by Gasteiger charge is -2.31. The van der Waals surface area contributed by atoms with E-state index in [2.05, 4.69) is 26.9 Å². The average Bonchev–Trinajstić information content (AvgIpc) is 3.35. The molecule has 2 N–H and O–H groups in total. The Kier molecular flexibility index (Phi) is 7.87. The zero-order chi connectivity index (χ0) is 24.8. The highest BCUT2D eigenvalue weighted by Gasteiger charge is 2.28. The molecule has 1 aliphatic rings. The van der Waals surface area contributed by atoms with Crippen LogP contribution in [0.2, 0.25) is 0 Å². The van der Waals surface area contributed by atoms with Crippen LogP contribution < -0.4 is 10.6 Å². The minimum atomic E-state index is -0.388. The van der Waals surface area contributed by atoms with E-state index in [4.69, 9.17) is 0 Å². The molecule has 3 amide bonds. The Bertz CT molecular complexity index is 1200. The highest BCUT2D eigenvalue weighted by atomic mass is 32.1. The Morgan fingerprint density at radius 3 is 2.40 bits per heavy atom. The largest absolute Gasteiger partial charge is 0.352 e. The topological polar surface area (TPSA) is 104 Å². The van der Waals surface area contributed by atoms with E-state index in [1.165, 1.54) is 5.56 Å². The first-order valence-corrected chi connectivity index (χ1v) is 12.5. The van der Waals surface area contributed by atoms with Crippen LogP contribution in [0.1, 0.15) is 55.6 Å². The predicted molar refractivity (Wildman–Crippen MR) is 135 cm³/mol. The van der Waals surface area contributed by atoms with Crippen LogP contribution >= 0.6 is 11.3 Å². The van der Waals surface area contributed by atoms with Crippen LogP contribution in [0.15, 0.2) is 48.5 Å². The number of aryl methyl sites for hydroxylation is 2. The van der Waals surface area contributed by atoms with Gasteiger partial charge in [-0.05, 0) is 50.3 Å². The van der Waals surface area contributed by atoms with Crippen molar-refractivity contribution in [1.82, 2.24) is 20.4 Å². The van der Waals surface area contributed by atoms with E-state index in [0.29, 0.717) is 31.7 Å². The molecule has 0 radical (unpaired) electrons. The van der Waals surface area contributed by atoms with Crippen LogP contribution in [0.25, 0.3) is 0 Å². The average molecular weight is 492 g/mol. The molecule has 2 heterocycles. The lowest BCUT2D eigenvalue weighted by Crippen LogP contribution is -2.39. The molecule has 9 heteroatoms. The second kappa shape index (κ2) is 11.2. The Hall–Kier alpha value is -3.59. The Morgan fingerprint density at radius 2 is 1.69 bits per heavy atom. The molecule has 0 unspecified atom stereocenters. The van der Waals surface area contributed by atoms with Crippen molar-refractivity contribution in [2.45, 2.75) is 39.7 Å². The third kappa shape index (κ3) is 6.73. The third-order valence-electron chi connectivity index (χ3n) is 6.06. The molecule has 3 aromatic rings. The molecular formula is C26H29N5O3S. The normalized spacial score (nSPS) is 13.9. The number of nitrogens with zero attached hydrogens (tertiary/aromatic N) is 3. The Balaban J connectivity index is 1.23. The van der Waals surface area contributed by atoms with Gasteiger partial charge in [-0.15, -0.1) is 10.2 Å². The number of benzene rings is 2. The van der Waals surface area contributed by atoms with Gasteiger partial charge in [0.1, 0.15) is 0 Å². The van der Waals surface area contributed by atoms with Gasteiger partial charge in [0, 0.05) is 31.7 Å². The van der Waals surface area contributed by atoms with E-state index >= 15 is 0 Å². The van der Waals surface area contributed by atoms with Crippen LogP contribution in [0.4, 0.5) is 5.69 Å². The van der Waals surface area contributed by atoms with E-state index in [1.807, 2.05) is 56.3 Å². The number of anilines is 1. The van der Waals surface area contributed by atoms with Gasteiger partial charge in [-0.2, -0.15) is 0 Å². The van der Waals surface area contributed by atoms with Gasteiger partial charge in [-0.3, -0.25) is 14.4 Å². The highest BCUT2D eigenvalue weighted by Crippen LogP contribution is 2.23. The number of hydrogen-bond donors (Lipinski definition) is 2. The number of nitrogens with one attached hydrogen (secondary N) is 2. The minimum absolute atomic E-state index is 0.0321. The maximum atomic E-state index is 12.9. The number of amides is 3. The molecular weight excluding hydrogens is 462 g/mol. The lowest BCUT2D eigenvalue weighted by atomic mass is 9.93. The molecule has 4 rings (SSSR count). The van der Waals surface area contributed by atoms with E-state index < -0.39 is 0 Å². The summed E-state index contributed by atoms with van der Waals surface area (Å²) in [4.78, 5) is 39.4. The van der Waals surface area contributed by atoms with Crippen LogP contribution in [0, 0.1) is 19.8 Å². The van der Waals surface area contributed by atoms with Crippen molar-refractivity contribution < 1.29 is 14.4 Å². The van der Waals surface area contributed by atoms with E-state index in [1.54, 1.807) is 4.90 Å². The first-order chi connectivity index (χ1) is 16.9. The van der Waals surface area contributed by atoms with Crippen LogP contribution in [-0.4, -0.2) is 45.9 Å². The number of hydrogen-bond acceptors (Lipinski definition) is 6. The molecule has 0 saturated carbocycles. The fourth-order valence-electron chi connectivity index (χ4n) is 4.06. The summed E-state index contributed by atoms with van der Waals surface area (Å²) in [5, 5.41) is 14.0. The van der Waals surface area contributed by atoms with Crippen molar-refractivity contribution in [2.75, 3.05) is 18.4 Å². The fraction of sp³-hybridized carbons (Fsp3) is 0.346. The van der Waals surface area contributed by atoms with Crippen molar-refractivity contribution in [3.8, 4) is 0 Å². The van der Waals surface area contributed by atoms with Gasteiger partial charge in [0.05, 0.1) is 0 Å². The number of carbonyl (C=O) groups is 3. The third-order valence-corrected chi connectivity index (χ3v) is 6.97. The number of aromatic nitrogens is 2. The SMILES string of the molecule is Cc1ccc(NC(=O)c2nnc(C(=O)N3CCC(CC(=O)NCc4cccc(C)c4)CC3)s2)cc1. The van der Waals surface area contributed by atoms with Crippen LogP contribution in [0.3, 0.4) is 0 Å². The monoisotopic (exact) mass is 491 g/mol. The molecule has 1 aliphatic heterocycles. The first-order valence-electron chi connectivity index (χ1n) is 11.7. The summed E-state index contributed by atoms with van der Waals surface area (Å²) in [6.07, 6.45) is 1.96. The summed E-state index contributed by atoms with van der Waals surface area (Å²) in [7, 11) is 0. The van der Waals surface area contributed by atoms with E-state index in [0.717, 1.165) is 35.3 Å². The van der Waals surface area contributed by atoms with Crippen molar-refractivity contribution in [2.24, 2.45) is 5.92 Å². The van der Waals surface area contributed by atoms with Crippen LogP contribution in [-0.2, 0) is 11.3 Å². The number of carbonyl (C=O) groups excluding carboxylic acids is 3. The predicted octanol–water partition coefficient (Wildman–Crippen LogP) is 3.97. The van der Waals surface area contributed by atoms with Gasteiger partial charge in [-0.1, -0.05) is 58.9 Å². The Morgan fingerprint density at radius 1 is 0.971 bits per heavy atom. The molecule has 0 bridgehead atoms. The van der Waals surface area contributed by atoms with Crippen molar-refractivity contribution in [1.29, 1.82) is 0 Å². The van der Waals surface area contributed by atoms with Crippen molar-refractivity contribution in [3.63, 3.8) is 0 Å². The van der Waals surface area contributed by atoms with Gasteiger partial charge in [0.2, 0.25) is 15.9 Å². The smallest absolute Gasteiger partial charge is 0.286 e. The highest BCUT2D eigenvalue weighted by molar-refractivity contribution is 7.15. The van der Waals surface area contributed by atoms with E-state index in [-0.39, 0.29) is 33.7 Å². The molecule has 1 fully saturated rings. The summed E-state index contributed by atoms with van der Waals surface area (Å²) in [6.45, 7) is 5.63. The van der Waals surface area contributed by atoms with Gasteiger partial charge < -0.3 is 15.5 Å². The molecule has 1 saturated heterocycles. The summed E-state index contributed by atoms with van der Waals surface area (Å²) >= 11 is 0.992. The number of likely N-dealkylation sites (tertiary alicyclic amines) is 1. The molecule has 8 nitrogen and oxygen atoms in total. The zero-order valence-corrected chi connectivity index (χ0v) is 20.7. The maximum Gasteiger partial charge on any atom is 0.286 e. The standard InChI is InChI=1S/C26H29N5O3S/c1-17-6-8-21(9-7-17)28-23(33)24-29-30-25(35-24)26(34)31-12-10-19(11-13-31)15-22(32)27-16-20-5-3-4-18(2)14-20/h3-9,14,19H,10-13,15-16H2,1-2H3,(H,27,32)(H,28,33). The molecule has 0 atom stereocenters. The quantitative estimate of drug-likeness (QED) is 0.521. The second-order valence-corrected chi connectivity index (χ2v) is 9.92. The molecule has 182 valence electrons. The minimum Gasteiger partial charge on any atom is -0.352 e. The van der Waals surface area contributed by atoms with Crippen LogP contribution in [0.5, 0.6) is 0 Å². The summed E-state index contributed by atoms with van der Waals surface area (Å²) in [5.41, 5.74) is 4.01. The fourth-order valence-corrected chi connectivity index (χ4v) is 4.76. The molecule has 2 aromatic carbocycles. The number of piperidine rings is 1. The van der Waals surface area contributed by atoms with Gasteiger partial charge in [0.15, 0.2) is 0 Å². The molecule has 1 aromatic heterocycles.